The highest BCUT2D eigenvalue weighted by atomic mass is 32.2. The Labute approximate surface area is 114 Å². The number of aromatic nitrogens is 2. The highest BCUT2D eigenvalue weighted by Gasteiger charge is 2.27. The van der Waals surface area contributed by atoms with Crippen LogP contribution in [0.1, 0.15) is 12.2 Å². The van der Waals surface area contributed by atoms with Crippen molar-refractivity contribution in [3.05, 3.63) is 29.6 Å². The van der Waals surface area contributed by atoms with Gasteiger partial charge >= 0.3 is 0 Å². The van der Waals surface area contributed by atoms with E-state index in [0.29, 0.717) is 29.8 Å². The van der Waals surface area contributed by atoms with Crippen LogP contribution in [0.3, 0.4) is 0 Å². The van der Waals surface area contributed by atoms with Gasteiger partial charge in [-0.25, -0.2) is 22.2 Å². The van der Waals surface area contributed by atoms with Crippen molar-refractivity contribution in [3.8, 4) is 0 Å². The fraction of sp³-hybridized carbons (Fsp3) is 0.417. The summed E-state index contributed by atoms with van der Waals surface area (Å²) in [5, 5.41) is 3.08. The fourth-order valence-electron chi connectivity index (χ4n) is 2.34. The summed E-state index contributed by atoms with van der Waals surface area (Å²) in [6.07, 6.45) is 0.575. The number of imidazole rings is 1. The minimum absolute atomic E-state index is 0.0957. The van der Waals surface area contributed by atoms with Crippen LogP contribution < -0.4 is 5.32 Å². The standard InChI is InChI=1S/C12H13F2N3O2S/c13-8-3-10-11(4-9(8)14)17-12(16-10)5-15-7-1-2-20(18,19)6-7/h3-4,7,15H,1-2,5-6H2,(H,16,17). The quantitative estimate of drug-likeness (QED) is 0.891. The van der Waals surface area contributed by atoms with Gasteiger partial charge in [0.1, 0.15) is 5.82 Å². The summed E-state index contributed by atoms with van der Waals surface area (Å²) in [5.74, 6) is -1.03. The molecule has 1 fully saturated rings. The minimum Gasteiger partial charge on any atom is -0.341 e. The molecule has 2 heterocycles. The predicted octanol–water partition coefficient (Wildman–Crippen LogP) is 1.12. The third kappa shape index (κ3) is 2.66. The first-order valence-electron chi connectivity index (χ1n) is 6.20. The lowest BCUT2D eigenvalue weighted by Crippen LogP contribution is -2.29. The lowest BCUT2D eigenvalue weighted by Gasteiger charge is -2.08. The van der Waals surface area contributed by atoms with E-state index < -0.39 is 21.5 Å². The summed E-state index contributed by atoms with van der Waals surface area (Å²) in [4.78, 5) is 7.02. The van der Waals surface area contributed by atoms with Crippen molar-refractivity contribution in [1.82, 2.24) is 15.3 Å². The number of aromatic amines is 1. The van der Waals surface area contributed by atoms with Crippen LogP contribution in [0.25, 0.3) is 11.0 Å². The average molecular weight is 301 g/mol. The molecular formula is C12H13F2N3O2S. The van der Waals surface area contributed by atoms with Gasteiger partial charge in [-0.15, -0.1) is 0 Å². The van der Waals surface area contributed by atoms with Gasteiger partial charge in [-0.3, -0.25) is 0 Å². The number of nitrogens with zero attached hydrogens (tertiary/aromatic N) is 1. The third-order valence-electron chi connectivity index (χ3n) is 3.36. The van der Waals surface area contributed by atoms with E-state index >= 15 is 0 Å². The Morgan fingerprint density at radius 1 is 1.35 bits per heavy atom. The monoisotopic (exact) mass is 301 g/mol. The molecule has 0 saturated carbocycles. The molecular weight excluding hydrogens is 288 g/mol. The molecule has 2 aromatic rings. The van der Waals surface area contributed by atoms with Crippen LogP contribution in [-0.2, 0) is 16.4 Å². The molecule has 1 aliphatic heterocycles. The van der Waals surface area contributed by atoms with E-state index in [1.165, 1.54) is 0 Å². The Kier molecular flexibility index (Phi) is 3.21. The number of halogens is 2. The van der Waals surface area contributed by atoms with Gasteiger partial charge in [0.25, 0.3) is 0 Å². The summed E-state index contributed by atoms with van der Waals surface area (Å²) in [6, 6.07) is 1.99. The molecule has 0 bridgehead atoms. The van der Waals surface area contributed by atoms with Gasteiger partial charge in [0.05, 0.1) is 29.1 Å². The zero-order valence-electron chi connectivity index (χ0n) is 10.5. The first-order valence-corrected chi connectivity index (χ1v) is 8.02. The molecule has 2 N–H and O–H groups in total. The molecule has 1 aromatic carbocycles. The molecule has 0 amide bonds. The number of hydrogen-bond donors (Lipinski definition) is 2. The molecule has 108 valence electrons. The Morgan fingerprint density at radius 2 is 2.10 bits per heavy atom. The molecule has 1 saturated heterocycles. The SMILES string of the molecule is O=S1(=O)CCC(NCc2nc3cc(F)c(F)cc3[nH]2)C1. The highest BCUT2D eigenvalue weighted by molar-refractivity contribution is 7.91. The largest absolute Gasteiger partial charge is 0.341 e. The third-order valence-corrected chi connectivity index (χ3v) is 5.13. The van der Waals surface area contributed by atoms with Gasteiger partial charge in [0.2, 0.25) is 0 Å². The van der Waals surface area contributed by atoms with Crippen molar-refractivity contribution >= 4 is 20.9 Å². The zero-order valence-corrected chi connectivity index (χ0v) is 11.3. The fourth-order valence-corrected chi connectivity index (χ4v) is 4.05. The zero-order chi connectivity index (χ0) is 14.3. The van der Waals surface area contributed by atoms with Crippen molar-refractivity contribution < 1.29 is 17.2 Å². The maximum atomic E-state index is 13.1. The minimum atomic E-state index is -2.93. The van der Waals surface area contributed by atoms with Gasteiger partial charge in [-0.2, -0.15) is 0 Å². The summed E-state index contributed by atoms with van der Waals surface area (Å²) in [6.45, 7) is 0.331. The number of hydrogen-bond acceptors (Lipinski definition) is 4. The predicted molar refractivity (Wildman–Crippen MR) is 69.9 cm³/mol. The van der Waals surface area contributed by atoms with Crippen molar-refractivity contribution in [1.29, 1.82) is 0 Å². The van der Waals surface area contributed by atoms with E-state index in [9.17, 15) is 17.2 Å². The summed E-state index contributed by atoms with van der Waals surface area (Å²) in [7, 11) is -2.93. The van der Waals surface area contributed by atoms with Gasteiger partial charge < -0.3 is 10.3 Å². The normalized spacial score (nSPS) is 21.6. The van der Waals surface area contributed by atoms with Crippen LogP contribution in [0, 0.1) is 11.6 Å². The molecule has 0 aliphatic carbocycles. The van der Waals surface area contributed by atoms with Crippen LogP contribution in [-0.4, -0.2) is 35.9 Å². The van der Waals surface area contributed by atoms with Crippen LogP contribution in [0.5, 0.6) is 0 Å². The van der Waals surface area contributed by atoms with Crippen LogP contribution in [0.4, 0.5) is 8.78 Å². The first-order chi connectivity index (χ1) is 9.43. The highest BCUT2D eigenvalue weighted by Crippen LogP contribution is 2.17. The molecule has 0 spiro atoms. The number of rotatable bonds is 3. The maximum absolute atomic E-state index is 13.1. The van der Waals surface area contributed by atoms with Gasteiger partial charge in [-0.05, 0) is 6.42 Å². The Morgan fingerprint density at radius 3 is 2.80 bits per heavy atom. The molecule has 3 rings (SSSR count). The van der Waals surface area contributed by atoms with E-state index in [-0.39, 0.29) is 17.5 Å². The van der Waals surface area contributed by atoms with E-state index in [0.717, 1.165) is 12.1 Å². The lowest BCUT2D eigenvalue weighted by atomic mass is 10.2. The summed E-state index contributed by atoms with van der Waals surface area (Å²) >= 11 is 0. The lowest BCUT2D eigenvalue weighted by molar-refractivity contribution is 0.510. The number of benzene rings is 1. The van der Waals surface area contributed by atoms with E-state index in [2.05, 4.69) is 15.3 Å². The van der Waals surface area contributed by atoms with Gasteiger partial charge in [0.15, 0.2) is 21.5 Å². The molecule has 1 aromatic heterocycles. The molecule has 1 aliphatic rings. The smallest absolute Gasteiger partial charge is 0.161 e. The van der Waals surface area contributed by atoms with Crippen LogP contribution in [0.2, 0.25) is 0 Å². The van der Waals surface area contributed by atoms with E-state index in [1.807, 2.05) is 0 Å². The van der Waals surface area contributed by atoms with E-state index in [4.69, 9.17) is 0 Å². The van der Waals surface area contributed by atoms with Crippen molar-refractivity contribution in [3.63, 3.8) is 0 Å². The number of fused-ring (bicyclic) bond motifs is 1. The van der Waals surface area contributed by atoms with E-state index in [1.54, 1.807) is 0 Å². The summed E-state index contributed by atoms with van der Waals surface area (Å²) < 4.78 is 48.8. The Balaban J connectivity index is 1.72. The Hall–Kier alpha value is -1.54. The van der Waals surface area contributed by atoms with Crippen LogP contribution in [0.15, 0.2) is 12.1 Å². The molecule has 8 heteroatoms. The second kappa shape index (κ2) is 4.78. The summed E-state index contributed by atoms with van der Waals surface area (Å²) in [5.41, 5.74) is 0.763. The van der Waals surface area contributed by atoms with Gasteiger partial charge in [0, 0.05) is 18.2 Å². The topological polar surface area (TPSA) is 74.8 Å². The molecule has 0 radical (unpaired) electrons. The molecule has 5 nitrogen and oxygen atoms in total. The number of sulfone groups is 1. The van der Waals surface area contributed by atoms with Crippen molar-refractivity contribution in [2.45, 2.75) is 19.0 Å². The van der Waals surface area contributed by atoms with Crippen LogP contribution >= 0.6 is 0 Å². The second-order valence-corrected chi connectivity index (χ2v) is 7.18. The molecule has 1 unspecified atom stereocenters. The average Bonchev–Trinajstić information content (AvgIpc) is 2.90. The Bertz CT molecular complexity index is 718. The maximum Gasteiger partial charge on any atom is 0.161 e. The van der Waals surface area contributed by atoms with Crippen molar-refractivity contribution in [2.24, 2.45) is 0 Å². The number of H-pyrrole nitrogens is 1. The van der Waals surface area contributed by atoms with Gasteiger partial charge in [-0.1, -0.05) is 0 Å². The first kappa shape index (κ1) is 13.4. The molecule has 1 atom stereocenters. The number of nitrogens with one attached hydrogen (secondary N) is 2. The molecule has 20 heavy (non-hydrogen) atoms. The second-order valence-electron chi connectivity index (χ2n) is 4.95. The van der Waals surface area contributed by atoms with Crippen molar-refractivity contribution in [2.75, 3.05) is 11.5 Å².